The molecule has 0 bridgehead atoms. The predicted molar refractivity (Wildman–Crippen MR) is 82.1 cm³/mol. The lowest BCUT2D eigenvalue weighted by Crippen LogP contribution is -2.21. The van der Waals surface area contributed by atoms with Gasteiger partial charge in [-0.2, -0.15) is 5.10 Å². The lowest BCUT2D eigenvalue weighted by atomic mass is 10.1. The van der Waals surface area contributed by atoms with E-state index in [0.29, 0.717) is 0 Å². The third kappa shape index (κ3) is 3.02. The van der Waals surface area contributed by atoms with Crippen LogP contribution >= 0.6 is 11.6 Å². The molecule has 2 aromatic rings. The normalized spacial score (nSPS) is 12.7. The number of hydrogen-bond donors (Lipinski definition) is 1. The highest BCUT2D eigenvalue weighted by Gasteiger charge is 2.19. The van der Waals surface area contributed by atoms with Gasteiger partial charge in [0.15, 0.2) is 0 Å². The van der Waals surface area contributed by atoms with Crippen LogP contribution < -0.4 is 5.32 Å². The van der Waals surface area contributed by atoms with Crippen LogP contribution in [-0.4, -0.2) is 21.8 Å². The third-order valence-corrected chi connectivity index (χ3v) is 3.98. The maximum Gasteiger partial charge on any atom is 0.0850 e. The first-order chi connectivity index (χ1) is 9.56. The fraction of sp³-hybridized carbons (Fsp3) is 0.467. The number of nitrogens with one attached hydrogen (secondary N) is 1. The van der Waals surface area contributed by atoms with Crippen LogP contribution in [0.5, 0.6) is 0 Å². The highest BCUT2D eigenvalue weighted by Crippen LogP contribution is 2.25. The van der Waals surface area contributed by atoms with Gasteiger partial charge in [-0.1, -0.05) is 18.5 Å². The molecule has 0 aromatic carbocycles. The van der Waals surface area contributed by atoms with Crippen LogP contribution in [0, 0.1) is 6.92 Å². The number of nitrogens with zero attached hydrogens (tertiary/aromatic N) is 3. The Balaban J connectivity index is 2.29. The molecule has 5 heteroatoms. The molecule has 0 saturated carbocycles. The van der Waals surface area contributed by atoms with Crippen molar-refractivity contribution in [1.29, 1.82) is 0 Å². The Bertz CT molecular complexity index is 592. The maximum atomic E-state index is 6.42. The van der Waals surface area contributed by atoms with Crippen molar-refractivity contribution in [2.75, 3.05) is 7.05 Å². The van der Waals surface area contributed by atoms with Gasteiger partial charge in [-0.25, -0.2) is 0 Å². The number of aromatic nitrogens is 3. The van der Waals surface area contributed by atoms with E-state index in [-0.39, 0.29) is 6.04 Å². The van der Waals surface area contributed by atoms with Crippen LogP contribution in [0.1, 0.15) is 35.6 Å². The zero-order chi connectivity index (χ0) is 14.7. The van der Waals surface area contributed by atoms with Gasteiger partial charge >= 0.3 is 0 Å². The summed E-state index contributed by atoms with van der Waals surface area (Å²) in [5, 5.41) is 8.56. The van der Waals surface area contributed by atoms with Crippen molar-refractivity contribution < 1.29 is 0 Å². The van der Waals surface area contributed by atoms with Crippen molar-refractivity contribution in [1.82, 2.24) is 20.1 Å². The standard InChI is InChI=1S/C15H21ClN4/c1-5-11-15(16)14(20(4)19-11)9-12(17-3)13-8-10(2)6-7-18-13/h6-8,12,17H,5,9H2,1-4H3. The first-order valence-corrected chi connectivity index (χ1v) is 7.24. The molecule has 0 fully saturated rings. The van der Waals surface area contributed by atoms with Gasteiger partial charge in [0.25, 0.3) is 0 Å². The first-order valence-electron chi connectivity index (χ1n) is 6.86. The van der Waals surface area contributed by atoms with Gasteiger partial charge < -0.3 is 5.32 Å². The van der Waals surface area contributed by atoms with Crippen molar-refractivity contribution >= 4 is 11.6 Å². The smallest absolute Gasteiger partial charge is 0.0850 e. The van der Waals surface area contributed by atoms with Crippen molar-refractivity contribution in [2.24, 2.45) is 7.05 Å². The third-order valence-electron chi connectivity index (χ3n) is 3.54. The molecule has 0 aliphatic rings. The van der Waals surface area contributed by atoms with E-state index in [1.165, 1.54) is 5.56 Å². The first kappa shape index (κ1) is 15.0. The molecule has 1 unspecified atom stereocenters. The van der Waals surface area contributed by atoms with Gasteiger partial charge in [0.05, 0.1) is 28.1 Å². The van der Waals surface area contributed by atoms with E-state index in [1.807, 2.05) is 31.0 Å². The van der Waals surface area contributed by atoms with Gasteiger partial charge in [-0.05, 0) is 38.1 Å². The highest BCUT2D eigenvalue weighted by molar-refractivity contribution is 6.31. The Kier molecular flexibility index (Phi) is 4.78. The molecule has 2 aromatic heterocycles. The average molecular weight is 293 g/mol. The maximum absolute atomic E-state index is 6.42. The molecule has 1 atom stereocenters. The van der Waals surface area contributed by atoms with Gasteiger partial charge in [0.2, 0.25) is 0 Å². The molecule has 2 rings (SSSR count). The van der Waals surface area contributed by atoms with E-state index in [4.69, 9.17) is 11.6 Å². The number of halogens is 1. The van der Waals surface area contributed by atoms with E-state index < -0.39 is 0 Å². The summed E-state index contributed by atoms with van der Waals surface area (Å²) in [6.45, 7) is 4.14. The van der Waals surface area contributed by atoms with Crippen molar-refractivity contribution in [3.8, 4) is 0 Å². The zero-order valence-electron chi connectivity index (χ0n) is 12.4. The second-order valence-corrected chi connectivity index (χ2v) is 5.37. The summed E-state index contributed by atoms with van der Waals surface area (Å²) in [6, 6.07) is 4.24. The zero-order valence-corrected chi connectivity index (χ0v) is 13.2. The lowest BCUT2D eigenvalue weighted by molar-refractivity contribution is 0.548. The van der Waals surface area contributed by atoms with Gasteiger partial charge in [-0.3, -0.25) is 9.67 Å². The van der Waals surface area contributed by atoms with Crippen molar-refractivity contribution in [3.63, 3.8) is 0 Å². The number of pyridine rings is 1. The average Bonchev–Trinajstić information content (AvgIpc) is 2.71. The molecule has 0 aliphatic heterocycles. The van der Waals surface area contributed by atoms with E-state index in [2.05, 4.69) is 35.3 Å². The molecule has 1 N–H and O–H groups in total. The van der Waals surface area contributed by atoms with E-state index in [0.717, 1.165) is 34.9 Å². The van der Waals surface area contributed by atoms with Crippen LogP contribution in [0.2, 0.25) is 5.02 Å². The summed E-state index contributed by atoms with van der Waals surface area (Å²) in [5.74, 6) is 0. The SMILES string of the molecule is CCc1nn(C)c(CC(NC)c2cc(C)ccn2)c1Cl. The molecule has 2 heterocycles. The van der Waals surface area contributed by atoms with Crippen molar-refractivity contribution in [2.45, 2.75) is 32.7 Å². The van der Waals surface area contributed by atoms with E-state index >= 15 is 0 Å². The number of aryl methyl sites for hydroxylation is 3. The van der Waals surface area contributed by atoms with Gasteiger partial charge in [0.1, 0.15) is 0 Å². The van der Waals surface area contributed by atoms with Crippen LogP contribution in [0.4, 0.5) is 0 Å². The number of rotatable bonds is 5. The summed E-state index contributed by atoms with van der Waals surface area (Å²) in [6.07, 6.45) is 3.46. The number of hydrogen-bond acceptors (Lipinski definition) is 3. The minimum absolute atomic E-state index is 0.132. The summed E-state index contributed by atoms with van der Waals surface area (Å²) in [7, 11) is 3.89. The van der Waals surface area contributed by atoms with Crippen molar-refractivity contribution in [3.05, 3.63) is 46.0 Å². The number of likely N-dealkylation sites (N-methyl/N-ethyl adjacent to an activating group) is 1. The largest absolute Gasteiger partial charge is 0.311 e. The topological polar surface area (TPSA) is 42.7 Å². The Morgan fingerprint density at radius 3 is 2.75 bits per heavy atom. The van der Waals surface area contributed by atoms with Crippen LogP contribution in [0.25, 0.3) is 0 Å². The molecule has 108 valence electrons. The Labute approximate surface area is 125 Å². The predicted octanol–water partition coefficient (Wildman–Crippen LogP) is 2.84. The molecule has 0 radical (unpaired) electrons. The second kappa shape index (κ2) is 6.37. The fourth-order valence-corrected chi connectivity index (χ4v) is 2.71. The minimum Gasteiger partial charge on any atom is -0.311 e. The molecular formula is C15H21ClN4. The van der Waals surface area contributed by atoms with Crippen LogP contribution in [-0.2, 0) is 19.9 Å². The molecule has 0 aliphatic carbocycles. The summed E-state index contributed by atoms with van der Waals surface area (Å²) in [5.41, 5.74) is 4.24. The Morgan fingerprint density at radius 1 is 1.45 bits per heavy atom. The monoisotopic (exact) mass is 292 g/mol. The van der Waals surface area contributed by atoms with E-state index in [1.54, 1.807) is 0 Å². The Morgan fingerprint density at radius 2 is 2.20 bits per heavy atom. The molecule has 4 nitrogen and oxygen atoms in total. The lowest BCUT2D eigenvalue weighted by Gasteiger charge is -2.16. The fourth-order valence-electron chi connectivity index (χ4n) is 2.34. The summed E-state index contributed by atoms with van der Waals surface area (Å²) in [4.78, 5) is 4.46. The molecule has 0 spiro atoms. The Hall–Kier alpha value is -1.39. The van der Waals surface area contributed by atoms with Gasteiger partial charge in [0, 0.05) is 19.7 Å². The molecular weight excluding hydrogens is 272 g/mol. The van der Waals surface area contributed by atoms with Crippen LogP contribution in [0.15, 0.2) is 18.3 Å². The molecule has 0 saturated heterocycles. The van der Waals surface area contributed by atoms with E-state index in [9.17, 15) is 0 Å². The highest BCUT2D eigenvalue weighted by atomic mass is 35.5. The molecule has 0 amide bonds. The van der Waals surface area contributed by atoms with Crippen LogP contribution in [0.3, 0.4) is 0 Å². The summed E-state index contributed by atoms with van der Waals surface area (Å²) >= 11 is 6.42. The quantitative estimate of drug-likeness (QED) is 0.921. The van der Waals surface area contributed by atoms with Gasteiger partial charge in [-0.15, -0.1) is 0 Å². The molecule has 20 heavy (non-hydrogen) atoms. The summed E-state index contributed by atoms with van der Waals surface area (Å²) < 4.78 is 1.88. The minimum atomic E-state index is 0.132. The second-order valence-electron chi connectivity index (χ2n) is 4.99.